The van der Waals surface area contributed by atoms with Crippen molar-refractivity contribution in [2.24, 2.45) is 5.92 Å². The van der Waals surface area contributed by atoms with E-state index in [1.807, 2.05) is 6.92 Å². The first-order valence-electron chi connectivity index (χ1n) is 14.1. The number of aliphatic hydroxyl groups is 3. The summed E-state index contributed by atoms with van der Waals surface area (Å²) < 4.78 is 17.3. The van der Waals surface area contributed by atoms with Crippen molar-refractivity contribution in [3.8, 4) is 11.5 Å². The highest BCUT2D eigenvalue weighted by Crippen LogP contribution is 2.51. The van der Waals surface area contributed by atoms with Crippen LogP contribution in [0.4, 0.5) is 0 Å². The quantitative estimate of drug-likeness (QED) is 0.274. The van der Waals surface area contributed by atoms with Crippen molar-refractivity contribution >= 4 is 11.8 Å². The van der Waals surface area contributed by atoms with Crippen molar-refractivity contribution in [2.45, 2.75) is 76.2 Å². The Kier molecular flexibility index (Phi) is 10.2. The number of nitrogens with zero attached hydrogens (tertiary/aromatic N) is 1. The molecular formula is C29H42N2O8. The first-order chi connectivity index (χ1) is 18.9. The van der Waals surface area contributed by atoms with Crippen LogP contribution in [0.5, 0.6) is 11.5 Å². The molecule has 2 amide bonds. The highest BCUT2D eigenvalue weighted by Gasteiger charge is 2.51. The second-order valence-corrected chi connectivity index (χ2v) is 10.5. The van der Waals surface area contributed by atoms with E-state index >= 15 is 0 Å². The summed E-state index contributed by atoms with van der Waals surface area (Å²) in [6.07, 6.45) is 5.01. The number of carbonyl (C=O) groups is 2. The Balaban J connectivity index is 1.72. The van der Waals surface area contributed by atoms with Crippen LogP contribution in [-0.2, 0) is 20.9 Å². The van der Waals surface area contributed by atoms with Crippen molar-refractivity contribution in [1.29, 1.82) is 0 Å². The van der Waals surface area contributed by atoms with Crippen LogP contribution in [0.15, 0.2) is 23.8 Å². The third kappa shape index (κ3) is 6.40. The van der Waals surface area contributed by atoms with Crippen LogP contribution in [0.25, 0.3) is 0 Å². The van der Waals surface area contributed by atoms with E-state index in [2.05, 4.69) is 5.32 Å². The van der Waals surface area contributed by atoms with Crippen molar-refractivity contribution in [3.63, 3.8) is 0 Å². The third-order valence-corrected chi connectivity index (χ3v) is 8.00. The van der Waals surface area contributed by atoms with E-state index < -0.39 is 30.1 Å². The largest absolute Gasteiger partial charge is 0.493 e. The molecule has 1 aromatic rings. The Morgan fingerprint density at radius 2 is 1.97 bits per heavy atom. The molecule has 0 spiro atoms. The van der Waals surface area contributed by atoms with Gasteiger partial charge >= 0.3 is 0 Å². The molecule has 1 aliphatic heterocycles. The van der Waals surface area contributed by atoms with E-state index in [0.717, 1.165) is 25.7 Å². The molecule has 0 radical (unpaired) electrons. The number of aliphatic hydroxyl groups excluding tert-OH is 3. The number of hydrogen-bond acceptors (Lipinski definition) is 8. The molecule has 1 heterocycles. The molecule has 1 saturated carbocycles. The standard InChI is InChI=1S/C29H42N2O8/c1-3-38-12-6-10-31(24(34)15-18-7-4-5-8-18)22-16-21(29(36)30-9-11-32)25-20-13-19(17-33)14-23(37-2)27(20)39-28(25)26(22)35/h13-14,16,18,22,25-26,28,32-33,35H,3-12,15,17H2,1-2H3,(H,30,36). The lowest BCUT2D eigenvalue weighted by molar-refractivity contribution is -0.138. The average Bonchev–Trinajstić information content (AvgIpc) is 3.60. The molecule has 2 aliphatic carbocycles. The fourth-order valence-corrected chi connectivity index (χ4v) is 6.12. The first kappa shape index (κ1) is 29.3. The molecule has 4 atom stereocenters. The lowest BCUT2D eigenvalue weighted by atomic mass is 9.77. The third-order valence-electron chi connectivity index (χ3n) is 8.00. The van der Waals surface area contributed by atoms with Crippen LogP contribution in [0.3, 0.4) is 0 Å². The molecule has 10 heteroatoms. The first-order valence-corrected chi connectivity index (χ1v) is 14.1. The number of ether oxygens (including phenoxy) is 3. The normalized spacial score (nSPS) is 24.0. The van der Waals surface area contributed by atoms with E-state index in [1.165, 1.54) is 7.11 Å². The molecule has 39 heavy (non-hydrogen) atoms. The number of carbonyl (C=O) groups excluding carboxylic acids is 2. The molecule has 1 fully saturated rings. The Morgan fingerprint density at radius 3 is 2.64 bits per heavy atom. The molecule has 0 saturated heterocycles. The summed E-state index contributed by atoms with van der Waals surface area (Å²) >= 11 is 0. The SMILES string of the molecule is CCOCCCN(C(=O)CC1CCCC1)C1C=C(C(=O)NCCO)C2c3cc(CO)cc(OC)c3OC2C1O. The number of hydrogen-bond donors (Lipinski definition) is 4. The highest BCUT2D eigenvalue weighted by molar-refractivity contribution is 5.96. The number of fused-ring (bicyclic) bond motifs is 3. The zero-order valence-corrected chi connectivity index (χ0v) is 22.9. The molecule has 0 aromatic heterocycles. The Hall–Kier alpha value is -2.66. The van der Waals surface area contributed by atoms with E-state index in [-0.39, 0.29) is 25.7 Å². The molecule has 4 rings (SSSR count). The van der Waals surface area contributed by atoms with E-state index in [0.29, 0.717) is 66.7 Å². The van der Waals surface area contributed by atoms with E-state index in [4.69, 9.17) is 14.2 Å². The predicted molar refractivity (Wildman–Crippen MR) is 143 cm³/mol. The van der Waals surface area contributed by atoms with Crippen molar-refractivity contribution in [2.75, 3.05) is 40.0 Å². The fourth-order valence-electron chi connectivity index (χ4n) is 6.12. The summed E-state index contributed by atoms with van der Waals surface area (Å²) in [5.74, 6) is 0.0349. The van der Waals surface area contributed by atoms with Gasteiger partial charge in [0.05, 0.1) is 32.3 Å². The van der Waals surface area contributed by atoms with Crippen LogP contribution in [0, 0.1) is 5.92 Å². The van der Waals surface area contributed by atoms with Gasteiger partial charge in [-0.1, -0.05) is 12.8 Å². The molecule has 4 N–H and O–H groups in total. The van der Waals surface area contributed by atoms with Gasteiger partial charge in [-0.25, -0.2) is 0 Å². The Labute approximate surface area is 229 Å². The van der Waals surface area contributed by atoms with Crippen LogP contribution in [-0.4, -0.2) is 90.3 Å². The van der Waals surface area contributed by atoms with Crippen molar-refractivity contribution in [3.05, 3.63) is 34.9 Å². The van der Waals surface area contributed by atoms with E-state index in [9.17, 15) is 24.9 Å². The Morgan fingerprint density at radius 1 is 1.21 bits per heavy atom. The summed E-state index contributed by atoms with van der Waals surface area (Å²) in [6, 6.07) is 2.64. The molecular weight excluding hydrogens is 504 g/mol. The van der Waals surface area contributed by atoms with Gasteiger partial charge in [-0.3, -0.25) is 9.59 Å². The summed E-state index contributed by atoms with van der Waals surface area (Å²) in [6.45, 7) is 2.95. The molecule has 1 aromatic carbocycles. The van der Waals surface area contributed by atoms with Crippen LogP contribution in [0.2, 0.25) is 0 Å². The van der Waals surface area contributed by atoms with Gasteiger partial charge in [0.25, 0.3) is 0 Å². The monoisotopic (exact) mass is 546 g/mol. The van der Waals surface area contributed by atoms with Gasteiger partial charge in [-0.2, -0.15) is 0 Å². The fraction of sp³-hybridized carbons (Fsp3) is 0.655. The van der Waals surface area contributed by atoms with E-state index in [1.54, 1.807) is 23.1 Å². The van der Waals surface area contributed by atoms with Gasteiger partial charge in [0.2, 0.25) is 11.8 Å². The predicted octanol–water partition coefficient (Wildman–Crippen LogP) is 1.65. The molecule has 216 valence electrons. The number of benzene rings is 1. The number of amides is 2. The maximum absolute atomic E-state index is 13.7. The number of rotatable bonds is 13. The van der Waals surface area contributed by atoms with Gasteiger partial charge in [-0.15, -0.1) is 0 Å². The topological polar surface area (TPSA) is 138 Å². The number of nitrogens with one attached hydrogen (secondary N) is 1. The van der Waals surface area contributed by atoms with Gasteiger partial charge in [-0.05, 0) is 55.9 Å². The second kappa shape index (κ2) is 13.6. The molecule has 3 aliphatic rings. The minimum absolute atomic E-state index is 0.0528. The Bertz CT molecular complexity index is 1040. The summed E-state index contributed by atoms with van der Waals surface area (Å²) in [5.41, 5.74) is 1.57. The minimum Gasteiger partial charge on any atom is -0.493 e. The van der Waals surface area contributed by atoms with Crippen LogP contribution in [0.1, 0.15) is 62.5 Å². The summed E-state index contributed by atoms with van der Waals surface area (Å²) in [4.78, 5) is 28.8. The van der Waals surface area contributed by atoms with Gasteiger partial charge in [0.15, 0.2) is 11.5 Å². The molecule has 0 bridgehead atoms. The molecule has 10 nitrogen and oxygen atoms in total. The highest BCUT2D eigenvalue weighted by atomic mass is 16.5. The molecule has 4 unspecified atom stereocenters. The van der Waals surface area contributed by atoms with Crippen molar-refractivity contribution < 1.29 is 39.1 Å². The van der Waals surface area contributed by atoms with Gasteiger partial charge in [0, 0.05) is 43.9 Å². The lowest BCUT2D eigenvalue weighted by Crippen LogP contribution is -2.56. The maximum Gasteiger partial charge on any atom is 0.247 e. The van der Waals surface area contributed by atoms with Crippen molar-refractivity contribution in [1.82, 2.24) is 10.2 Å². The van der Waals surface area contributed by atoms with Gasteiger partial charge in [0.1, 0.15) is 12.2 Å². The summed E-state index contributed by atoms with van der Waals surface area (Å²) in [5, 5.41) is 33.6. The zero-order valence-electron chi connectivity index (χ0n) is 22.9. The van der Waals surface area contributed by atoms with Crippen LogP contribution < -0.4 is 14.8 Å². The lowest BCUT2D eigenvalue weighted by Gasteiger charge is -2.41. The maximum atomic E-state index is 13.7. The number of methoxy groups -OCH3 is 1. The smallest absolute Gasteiger partial charge is 0.247 e. The average molecular weight is 547 g/mol. The zero-order chi connectivity index (χ0) is 27.9. The second-order valence-electron chi connectivity index (χ2n) is 10.5. The van der Waals surface area contributed by atoms with Gasteiger partial charge < -0.3 is 39.7 Å². The summed E-state index contributed by atoms with van der Waals surface area (Å²) in [7, 11) is 1.49. The van der Waals surface area contributed by atoms with Crippen LogP contribution >= 0.6 is 0 Å². The minimum atomic E-state index is -1.11.